The van der Waals surface area contributed by atoms with Crippen LogP contribution in [0.3, 0.4) is 0 Å². The number of benzene rings is 2. The minimum atomic E-state index is -0.964. The lowest BCUT2D eigenvalue weighted by molar-refractivity contribution is -0.143. The number of halogens is 1. The number of anilines is 1. The molecular weight excluding hydrogens is 526 g/mol. The van der Waals surface area contributed by atoms with Crippen LogP contribution in [0.15, 0.2) is 36.4 Å². The van der Waals surface area contributed by atoms with Crippen LogP contribution in [0.2, 0.25) is 5.02 Å². The van der Waals surface area contributed by atoms with Crippen LogP contribution in [0.25, 0.3) is 0 Å². The molecule has 0 aliphatic rings. The minimum absolute atomic E-state index is 0.304. The van der Waals surface area contributed by atoms with Gasteiger partial charge in [0.25, 0.3) is 5.91 Å². The first-order valence-electron chi connectivity index (χ1n) is 14.0. The van der Waals surface area contributed by atoms with Crippen molar-refractivity contribution >= 4 is 35.2 Å². The summed E-state index contributed by atoms with van der Waals surface area (Å²) in [5.74, 6) is -0.341. The molecule has 0 aliphatic heterocycles. The number of alkyl carbamates (subject to hydrolysis) is 1. The third kappa shape index (κ3) is 9.26. The summed E-state index contributed by atoms with van der Waals surface area (Å²) in [5, 5.41) is 6.09. The second kappa shape index (κ2) is 14.0. The van der Waals surface area contributed by atoms with Gasteiger partial charge in [-0.2, -0.15) is 0 Å². The molecule has 2 N–H and O–H groups in total. The van der Waals surface area contributed by atoms with Crippen LogP contribution in [0.1, 0.15) is 89.6 Å². The molecule has 40 heavy (non-hydrogen) atoms. The van der Waals surface area contributed by atoms with Crippen LogP contribution in [0.5, 0.6) is 0 Å². The summed E-state index contributed by atoms with van der Waals surface area (Å²) in [6.45, 7) is 18.9. The first kappa shape index (κ1) is 33.1. The number of nitrogens with zero attached hydrogens (tertiary/aromatic N) is 1. The number of hydrogen-bond acceptors (Lipinski definition) is 4. The van der Waals surface area contributed by atoms with Crippen molar-refractivity contribution in [1.82, 2.24) is 10.2 Å². The van der Waals surface area contributed by atoms with E-state index in [1.807, 2.05) is 58.0 Å². The van der Waals surface area contributed by atoms with Crippen LogP contribution < -0.4 is 10.6 Å². The lowest BCUT2D eigenvalue weighted by Gasteiger charge is -2.39. The Balaban J connectivity index is 2.62. The SMILES string of the molecule is Cc1ccc(C(C(=O)Nc2c(C)cccc2Cl)N(C(=O)C(C)NC(=O)OC(C)(C)C)C(C)CCC(C)C)c(C)c1. The summed E-state index contributed by atoms with van der Waals surface area (Å²) < 4.78 is 5.39. The molecule has 0 fully saturated rings. The summed E-state index contributed by atoms with van der Waals surface area (Å²) in [4.78, 5) is 42.5. The van der Waals surface area contributed by atoms with Crippen LogP contribution in [-0.4, -0.2) is 40.5 Å². The zero-order valence-corrected chi connectivity index (χ0v) is 26.4. The van der Waals surface area contributed by atoms with Gasteiger partial charge in [0.1, 0.15) is 17.7 Å². The molecule has 0 aliphatic carbocycles. The Morgan fingerprint density at radius 2 is 1.60 bits per heavy atom. The van der Waals surface area contributed by atoms with Crippen molar-refractivity contribution in [2.45, 2.75) is 106 Å². The summed E-state index contributed by atoms with van der Waals surface area (Å²) >= 11 is 6.47. The summed E-state index contributed by atoms with van der Waals surface area (Å²) in [7, 11) is 0. The Morgan fingerprint density at radius 1 is 0.950 bits per heavy atom. The Labute approximate surface area is 245 Å². The Hall–Kier alpha value is -3.06. The van der Waals surface area contributed by atoms with Gasteiger partial charge in [-0.05, 0) is 96.9 Å². The molecule has 0 aromatic heterocycles. The number of aryl methyl sites for hydroxylation is 3. The highest BCUT2D eigenvalue weighted by Gasteiger charge is 2.38. The molecule has 2 rings (SSSR count). The number of carbonyl (C=O) groups excluding carboxylic acids is 3. The van der Waals surface area contributed by atoms with Gasteiger partial charge in [0.2, 0.25) is 5.91 Å². The minimum Gasteiger partial charge on any atom is -0.444 e. The second-order valence-corrected chi connectivity index (χ2v) is 12.5. The van der Waals surface area contributed by atoms with E-state index in [-0.39, 0.29) is 17.9 Å². The Morgan fingerprint density at radius 3 is 2.15 bits per heavy atom. The van der Waals surface area contributed by atoms with Crippen molar-refractivity contribution in [3.63, 3.8) is 0 Å². The van der Waals surface area contributed by atoms with E-state index < -0.39 is 23.8 Å². The third-order valence-corrected chi connectivity index (χ3v) is 7.03. The van der Waals surface area contributed by atoms with E-state index in [1.54, 1.807) is 38.7 Å². The van der Waals surface area contributed by atoms with Crippen molar-refractivity contribution in [2.24, 2.45) is 5.92 Å². The van der Waals surface area contributed by atoms with Crippen molar-refractivity contribution in [2.75, 3.05) is 5.32 Å². The first-order chi connectivity index (χ1) is 18.5. The molecule has 0 saturated heterocycles. The summed E-state index contributed by atoms with van der Waals surface area (Å²) in [5.41, 5.74) is 3.25. The number of ether oxygens (including phenoxy) is 1. The zero-order chi connectivity index (χ0) is 30.4. The largest absolute Gasteiger partial charge is 0.444 e. The predicted octanol–water partition coefficient (Wildman–Crippen LogP) is 7.51. The molecule has 0 spiro atoms. The topological polar surface area (TPSA) is 87.7 Å². The fourth-order valence-electron chi connectivity index (χ4n) is 4.61. The first-order valence-corrected chi connectivity index (χ1v) is 14.3. The number of amides is 3. The van der Waals surface area contributed by atoms with Crippen molar-refractivity contribution in [3.8, 4) is 0 Å². The molecular formula is C32H46ClN3O4. The number of rotatable bonds is 10. The Bertz CT molecular complexity index is 1180. The van der Waals surface area contributed by atoms with Gasteiger partial charge in [0.15, 0.2) is 0 Å². The van der Waals surface area contributed by atoms with E-state index in [4.69, 9.17) is 16.3 Å². The van der Waals surface area contributed by atoms with Gasteiger partial charge in [-0.3, -0.25) is 9.59 Å². The van der Waals surface area contributed by atoms with Crippen LogP contribution in [0.4, 0.5) is 10.5 Å². The number of para-hydroxylation sites is 1. The van der Waals surface area contributed by atoms with Gasteiger partial charge >= 0.3 is 6.09 Å². The molecule has 2 aromatic rings. The quantitative estimate of drug-likeness (QED) is 0.309. The monoisotopic (exact) mass is 571 g/mol. The van der Waals surface area contributed by atoms with E-state index in [1.165, 1.54) is 0 Å². The molecule has 7 nitrogen and oxygen atoms in total. The molecule has 2 aromatic carbocycles. The van der Waals surface area contributed by atoms with E-state index in [9.17, 15) is 14.4 Å². The lowest BCUT2D eigenvalue weighted by atomic mass is 9.93. The maximum atomic E-state index is 14.2. The molecule has 0 radical (unpaired) electrons. The van der Waals surface area contributed by atoms with E-state index in [2.05, 4.69) is 24.5 Å². The number of hydrogen-bond donors (Lipinski definition) is 2. The van der Waals surface area contributed by atoms with E-state index >= 15 is 0 Å². The highest BCUT2D eigenvalue weighted by molar-refractivity contribution is 6.34. The zero-order valence-electron chi connectivity index (χ0n) is 25.6. The summed E-state index contributed by atoms with van der Waals surface area (Å²) in [6, 6.07) is 9.05. The standard InChI is InChI=1S/C32H46ClN3O4/c1-19(2)14-16-23(6)36(30(38)24(7)34-31(39)40-32(8,9)10)28(25-17-15-20(3)18-22(25)5)29(37)35-27-21(4)12-11-13-26(27)33/h11-13,15,17-19,23-24,28H,14,16H2,1-10H3,(H,34,39)(H,35,37). The van der Waals surface area contributed by atoms with E-state index in [0.29, 0.717) is 28.6 Å². The smallest absolute Gasteiger partial charge is 0.408 e. The molecule has 220 valence electrons. The van der Waals surface area contributed by atoms with Gasteiger partial charge in [0.05, 0.1) is 10.7 Å². The maximum Gasteiger partial charge on any atom is 0.408 e. The normalized spacial score (nSPS) is 13.8. The van der Waals surface area contributed by atoms with Gasteiger partial charge in [-0.25, -0.2) is 4.79 Å². The van der Waals surface area contributed by atoms with Crippen molar-refractivity contribution in [1.29, 1.82) is 0 Å². The molecule has 0 bridgehead atoms. The predicted molar refractivity (Wildman–Crippen MR) is 163 cm³/mol. The van der Waals surface area contributed by atoms with Gasteiger partial charge in [-0.1, -0.05) is 61.3 Å². The van der Waals surface area contributed by atoms with Crippen LogP contribution in [-0.2, 0) is 14.3 Å². The average molecular weight is 572 g/mol. The molecule has 8 heteroatoms. The van der Waals surface area contributed by atoms with Gasteiger partial charge in [0, 0.05) is 6.04 Å². The average Bonchev–Trinajstić information content (AvgIpc) is 2.82. The summed E-state index contributed by atoms with van der Waals surface area (Å²) in [6.07, 6.45) is 0.855. The molecule has 0 heterocycles. The number of carbonyl (C=O) groups is 3. The second-order valence-electron chi connectivity index (χ2n) is 12.1. The van der Waals surface area contributed by atoms with E-state index in [0.717, 1.165) is 23.1 Å². The van der Waals surface area contributed by atoms with Crippen LogP contribution >= 0.6 is 11.6 Å². The number of nitrogens with one attached hydrogen (secondary N) is 2. The third-order valence-electron chi connectivity index (χ3n) is 6.71. The molecule has 3 atom stereocenters. The van der Waals surface area contributed by atoms with Gasteiger partial charge < -0.3 is 20.3 Å². The highest BCUT2D eigenvalue weighted by atomic mass is 35.5. The van der Waals surface area contributed by atoms with Crippen LogP contribution in [0, 0.1) is 26.7 Å². The fraction of sp³-hybridized carbons (Fsp3) is 0.531. The molecule has 3 unspecified atom stereocenters. The Kier molecular flexibility index (Phi) is 11.6. The highest BCUT2D eigenvalue weighted by Crippen LogP contribution is 2.33. The molecule has 3 amide bonds. The molecule has 0 saturated carbocycles. The lowest BCUT2D eigenvalue weighted by Crippen LogP contribution is -2.54. The van der Waals surface area contributed by atoms with Gasteiger partial charge in [-0.15, -0.1) is 0 Å². The van der Waals surface area contributed by atoms with Crippen molar-refractivity contribution < 1.29 is 19.1 Å². The maximum absolute atomic E-state index is 14.2. The van der Waals surface area contributed by atoms with Crippen molar-refractivity contribution in [3.05, 3.63) is 63.7 Å². The fourth-order valence-corrected chi connectivity index (χ4v) is 4.88.